The summed E-state index contributed by atoms with van der Waals surface area (Å²) in [7, 11) is 0. The smallest absolute Gasteiger partial charge is 0.182 e. The van der Waals surface area contributed by atoms with Gasteiger partial charge in [0, 0.05) is 31.3 Å². The fourth-order valence-electron chi connectivity index (χ4n) is 3.03. The number of hydrogen-bond acceptors (Lipinski definition) is 3. The first-order chi connectivity index (χ1) is 11.9. The maximum absolute atomic E-state index is 4.71. The Kier molecular flexibility index (Phi) is 2.96. The number of hydrogen-bond donors (Lipinski definition) is 1. The van der Waals surface area contributed by atoms with Gasteiger partial charge in [-0.3, -0.25) is 5.10 Å². The van der Waals surface area contributed by atoms with E-state index in [1.54, 1.807) is 11.3 Å². The molecule has 0 atom stereocenters. The summed E-state index contributed by atoms with van der Waals surface area (Å²) >= 11 is 1.79. The van der Waals surface area contributed by atoms with Crippen molar-refractivity contribution in [3.63, 3.8) is 0 Å². The van der Waals surface area contributed by atoms with Crippen LogP contribution in [0.15, 0.2) is 72.8 Å². The van der Waals surface area contributed by atoms with Crippen LogP contribution in [-0.4, -0.2) is 15.2 Å². The molecule has 0 unspecified atom stereocenters. The Balaban J connectivity index is 1.71. The van der Waals surface area contributed by atoms with Crippen LogP contribution >= 0.6 is 11.3 Å². The van der Waals surface area contributed by atoms with Crippen LogP contribution in [0.5, 0.6) is 0 Å². The second kappa shape index (κ2) is 5.28. The van der Waals surface area contributed by atoms with Crippen molar-refractivity contribution in [2.24, 2.45) is 0 Å². The Bertz CT molecular complexity index is 1160. The molecule has 0 aliphatic heterocycles. The van der Waals surface area contributed by atoms with Gasteiger partial charge in [0.25, 0.3) is 0 Å². The Morgan fingerprint density at radius 2 is 1.54 bits per heavy atom. The van der Waals surface area contributed by atoms with Crippen LogP contribution in [-0.2, 0) is 0 Å². The lowest BCUT2D eigenvalue weighted by atomic mass is 10.1. The first kappa shape index (κ1) is 13.5. The van der Waals surface area contributed by atoms with E-state index in [0.717, 1.165) is 22.8 Å². The lowest BCUT2D eigenvalue weighted by Crippen LogP contribution is -1.81. The molecule has 0 radical (unpaired) electrons. The summed E-state index contributed by atoms with van der Waals surface area (Å²) in [5.41, 5.74) is 2.12. The molecule has 0 fully saturated rings. The second-order valence-corrected chi connectivity index (χ2v) is 6.71. The van der Waals surface area contributed by atoms with Crippen molar-refractivity contribution < 1.29 is 0 Å². The van der Waals surface area contributed by atoms with Crippen molar-refractivity contribution in [1.82, 2.24) is 15.2 Å². The predicted molar refractivity (Wildman–Crippen MR) is 100 cm³/mol. The van der Waals surface area contributed by atoms with Gasteiger partial charge >= 0.3 is 0 Å². The summed E-state index contributed by atoms with van der Waals surface area (Å²) in [6, 6.07) is 24.9. The minimum Gasteiger partial charge on any atom is -0.259 e. The maximum atomic E-state index is 4.71. The number of fused-ring (bicyclic) bond motifs is 3. The van der Waals surface area contributed by atoms with Crippen molar-refractivity contribution in [3.05, 3.63) is 72.8 Å². The molecule has 3 nitrogen and oxygen atoms in total. The summed E-state index contributed by atoms with van der Waals surface area (Å²) in [5, 5.41) is 10.1. The topological polar surface area (TPSA) is 41.6 Å². The number of nitrogens with zero attached hydrogens (tertiary/aromatic N) is 2. The van der Waals surface area contributed by atoms with E-state index in [-0.39, 0.29) is 0 Å². The van der Waals surface area contributed by atoms with Gasteiger partial charge in [-0.1, -0.05) is 60.7 Å². The fourth-order valence-corrected chi connectivity index (χ4v) is 4.24. The van der Waals surface area contributed by atoms with Crippen molar-refractivity contribution >= 4 is 31.5 Å². The predicted octanol–water partition coefficient (Wildman–Crippen LogP) is 5.51. The van der Waals surface area contributed by atoms with Crippen LogP contribution in [0.1, 0.15) is 0 Å². The van der Waals surface area contributed by atoms with E-state index in [2.05, 4.69) is 52.7 Å². The minimum atomic E-state index is 0.742. The third kappa shape index (κ3) is 2.04. The zero-order valence-corrected chi connectivity index (χ0v) is 13.5. The molecule has 0 aliphatic carbocycles. The normalized spacial score (nSPS) is 11.3. The van der Waals surface area contributed by atoms with E-state index < -0.39 is 0 Å². The third-order valence-corrected chi connectivity index (χ3v) is 5.40. The molecule has 2 heterocycles. The van der Waals surface area contributed by atoms with Crippen LogP contribution in [0.2, 0.25) is 0 Å². The number of benzene rings is 3. The molecule has 0 aliphatic rings. The standard InChI is InChI=1S/C20H13N3S/c1-2-7-13(8-3-1)19-21-20(23-22-19)16-11-6-10-15-14-9-4-5-12-17(14)24-18(15)16/h1-12H,(H,21,22,23). The number of nitrogens with one attached hydrogen (secondary N) is 1. The van der Waals surface area contributed by atoms with Gasteiger partial charge in [-0.05, 0) is 12.1 Å². The molecular weight excluding hydrogens is 314 g/mol. The highest BCUT2D eigenvalue weighted by Gasteiger charge is 2.13. The average molecular weight is 327 g/mol. The molecule has 4 heteroatoms. The molecule has 2 aromatic heterocycles. The summed E-state index contributed by atoms with van der Waals surface area (Å²) < 4.78 is 2.52. The molecule has 3 aromatic carbocycles. The molecule has 0 amide bonds. The van der Waals surface area contributed by atoms with Gasteiger partial charge in [-0.25, -0.2) is 4.98 Å². The summed E-state index contributed by atoms with van der Waals surface area (Å²) in [6.07, 6.45) is 0. The van der Waals surface area contributed by atoms with Crippen LogP contribution in [0, 0.1) is 0 Å². The maximum Gasteiger partial charge on any atom is 0.182 e. The van der Waals surface area contributed by atoms with E-state index >= 15 is 0 Å². The molecule has 1 N–H and O–H groups in total. The Morgan fingerprint density at radius 1 is 0.750 bits per heavy atom. The molecule has 0 spiro atoms. The van der Waals surface area contributed by atoms with Crippen LogP contribution in [0.25, 0.3) is 42.9 Å². The fraction of sp³-hybridized carbons (Fsp3) is 0. The quantitative estimate of drug-likeness (QED) is 0.465. The van der Waals surface area contributed by atoms with Crippen molar-refractivity contribution in [3.8, 4) is 22.8 Å². The van der Waals surface area contributed by atoms with Gasteiger partial charge in [0.05, 0.1) is 0 Å². The molecule has 5 aromatic rings. The lowest BCUT2D eigenvalue weighted by molar-refractivity contribution is 1.10. The SMILES string of the molecule is c1ccc(-c2nc(-c3cccc4c3sc3ccccc34)n[nH]2)cc1. The monoisotopic (exact) mass is 327 g/mol. The number of H-pyrrole nitrogens is 1. The molecule has 0 saturated heterocycles. The molecule has 0 bridgehead atoms. The number of aromatic amines is 1. The summed E-state index contributed by atoms with van der Waals surface area (Å²) in [6.45, 7) is 0. The zero-order valence-electron chi connectivity index (χ0n) is 12.7. The molecule has 24 heavy (non-hydrogen) atoms. The third-order valence-electron chi connectivity index (χ3n) is 4.18. The molecule has 5 rings (SSSR count). The number of aromatic nitrogens is 3. The van der Waals surface area contributed by atoms with E-state index in [9.17, 15) is 0 Å². The zero-order chi connectivity index (χ0) is 15.9. The minimum absolute atomic E-state index is 0.742. The first-order valence-electron chi connectivity index (χ1n) is 7.78. The first-order valence-corrected chi connectivity index (χ1v) is 8.60. The van der Waals surface area contributed by atoms with Crippen LogP contribution in [0.3, 0.4) is 0 Å². The number of rotatable bonds is 2. The van der Waals surface area contributed by atoms with E-state index in [1.165, 1.54) is 20.2 Å². The van der Waals surface area contributed by atoms with Crippen molar-refractivity contribution in [2.45, 2.75) is 0 Å². The van der Waals surface area contributed by atoms with Gasteiger partial charge in [0.15, 0.2) is 11.6 Å². The highest BCUT2D eigenvalue weighted by Crippen LogP contribution is 2.38. The van der Waals surface area contributed by atoms with Crippen molar-refractivity contribution in [1.29, 1.82) is 0 Å². The Hall–Kier alpha value is -2.98. The van der Waals surface area contributed by atoms with Gasteiger partial charge < -0.3 is 0 Å². The van der Waals surface area contributed by atoms with E-state index in [4.69, 9.17) is 4.98 Å². The van der Waals surface area contributed by atoms with Crippen LogP contribution < -0.4 is 0 Å². The van der Waals surface area contributed by atoms with E-state index in [0.29, 0.717) is 0 Å². The largest absolute Gasteiger partial charge is 0.259 e. The summed E-state index contributed by atoms with van der Waals surface area (Å²) in [4.78, 5) is 4.71. The Labute approximate surface area is 142 Å². The highest BCUT2D eigenvalue weighted by atomic mass is 32.1. The Morgan fingerprint density at radius 3 is 2.46 bits per heavy atom. The molecular formula is C20H13N3S. The molecule has 0 saturated carbocycles. The van der Waals surface area contributed by atoms with Gasteiger partial charge in [-0.15, -0.1) is 11.3 Å². The van der Waals surface area contributed by atoms with Gasteiger partial charge in [0.1, 0.15) is 0 Å². The van der Waals surface area contributed by atoms with Crippen LogP contribution in [0.4, 0.5) is 0 Å². The lowest BCUT2D eigenvalue weighted by Gasteiger charge is -1.98. The van der Waals surface area contributed by atoms with Crippen molar-refractivity contribution in [2.75, 3.05) is 0 Å². The second-order valence-electron chi connectivity index (χ2n) is 5.65. The molecule has 114 valence electrons. The highest BCUT2D eigenvalue weighted by molar-refractivity contribution is 7.26. The average Bonchev–Trinajstić information content (AvgIpc) is 3.27. The van der Waals surface area contributed by atoms with Gasteiger partial charge in [-0.2, -0.15) is 5.10 Å². The number of thiophene rings is 1. The van der Waals surface area contributed by atoms with Gasteiger partial charge in [0.2, 0.25) is 0 Å². The summed E-state index contributed by atoms with van der Waals surface area (Å²) in [5.74, 6) is 1.54. The van der Waals surface area contributed by atoms with E-state index in [1.807, 2.05) is 30.3 Å².